The Morgan fingerprint density at radius 3 is 2.59 bits per heavy atom. The fourth-order valence-corrected chi connectivity index (χ4v) is 3.30. The van der Waals surface area contributed by atoms with Crippen molar-refractivity contribution < 1.29 is 13.2 Å². The van der Waals surface area contributed by atoms with Crippen molar-refractivity contribution in [1.29, 1.82) is 5.26 Å². The predicted octanol–water partition coefficient (Wildman–Crippen LogP) is 3.05. The minimum Gasteiger partial charge on any atom is -0.299 e. The van der Waals surface area contributed by atoms with Gasteiger partial charge in [0.2, 0.25) is 0 Å². The maximum absolute atomic E-state index is 12.8. The second-order valence-electron chi connectivity index (χ2n) is 6.77. The van der Waals surface area contributed by atoms with Gasteiger partial charge in [-0.15, -0.1) is 0 Å². The summed E-state index contributed by atoms with van der Waals surface area (Å²) < 4.78 is 39.3. The molecule has 0 unspecified atom stereocenters. The van der Waals surface area contributed by atoms with Crippen LogP contribution in [0.25, 0.3) is 0 Å². The van der Waals surface area contributed by atoms with Gasteiger partial charge in [-0.05, 0) is 55.6 Å². The van der Waals surface area contributed by atoms with Gasteiger partial charge in [-0.25, -0.2) is 4.68 Å². The Kier molecular flexibility index (Phi) is 5.61. The van der Waals surface area contributed by atoms with E-state index in [9.17, 15) is 18.0 Å². The van der Waals surface area contributed by atoms with Crippen LogP contribution in [0.5, 0.6) is 0 Å². The summed E-state index contributed by atoms with van der Waals surface area (Å²) in [6.07, 6.45) is -3.00. The molecule has 1 aliphatic rings. The van der Waals surface area contributed by atoms with Crippen molar-refractivity contribution in [1.82, 2.24) is 14.7 Å². The fourth-order valence-electron chi connectivity index (χ4n) is 3.30. The first-order valence-electron chi connectivity index (χ1n) is 8.72. The topological polar surface area (TPSA) is 61.9 Å². The summed E-state index contributed by atoms with van der Waals surface area (Å²) in [5, 5.41) is 12.4. The lowest BCUT2D eigenvalue weighted by atomic mass is 9.96. The van der Waals surface area contributed by atoms with Crippen LogP contribution in [0.1, 0.15) is 29.7 Å². The Morgan fingerprint density at radius 2 is 1.93 bits per heavy atom. The minimum atomic E-state index is -4.56. The summed E-state index contributed by atoms with van der Waals surface area (Å²) in [7, 11) is 0. The van der Waals surface area contributed by atoms with Crippen LogP contribution in [0.2, 0.25) is 0 Å². The highest BCUT2D eigenvalue weighted by atomic mass is 19.4. The van der Waals surface area contributed by atoms with Crippen molar-refractivity contribution in [3.05, 3.63) is 63.6 Å². The largest absolute Gasteiger partial charge is 0.435 e. The molecule has 0 spiro atoms. The summed E-state index contributed by atoms with van der Waals surface area (Å²) in [5.41, 5.74) is 0.122. The number of halogens is 3. The van der Waals surface area contributed by atoms with Crippen LogP contribution in [-0.4, -0.2) is 27.8 Å². The molecule has 0 bridgehead atoms. The van der Waals surface area contributed by atoms with Crippen molar-refractivity contribution >= 4 is 0 Å². The van der Waals surface area contributed by atoms with Crippen LogP contribution in [0.4, 0.5) is 13.2 Å². The van der Waals surface area contributed by atoms with Crippen molar-refractivity contribution in [3.8, 4) is 6.07 Å². The maximum atomic E-state index is 12.8. The lowest BCUT2D eigenvalue weighted by molar-refractivity contribution is -0.142. The summed E-state index contributed by atoms with van der Waals surface area (Å²) in [6, 6.07) is 11.2. The van der Waals surface area contributed by atoms with E-state index in [1.807, 2.05) is 18.2 Å². The van der Waals surface area contributed by atoms with Gasteiger partial charge >= 0.3 is 6.18 Å². The van der Waals surface area contributed by atoms with Gasteiger partial charge in [0.1, 0.15) is 0 Å². The van der Waals surface area contributed by atoms with Gasteiger partial charge in [0.25, 0.3) is 5.56 Å². The van der Waals surface area contributed by atoms with E-state index >= 15 is 0 Å². The molecule has 1 aromatic heterocycles. The monoisotopic (exact) mass is 376 g/mol. The van der Waals surface area contributed by atoms with Gasteiger partial charge < -0.3 is 0 Å². The molecule has 142 valence electrons. The molecule has 1 saturated heterocycles. The number of hydrogen-bond donors (Lipinski definition) is 0. The smallest absolute Gasteiger partial charge is 0.299 e. The van der Waals surface area contributed by atoms with E-state index < -0.39 is 17.4 Å². The third-order valence-electron chi connectivity index (χ3n) is 4.76. The van der Waals surface area contributed by atoms with E-state index in [1.165, 1.54) is 0 Å². The zero-order valence-electron chi connectivity index (χ0n) is 14.6. The van der Waals surface area contributed by atoms with Crippen molar-refractivity contribution in [2.24, 2.45) is 5.92 Å². The first kappa shape index (κ1) is 19.1. The number of piperidine rings is 1. The van der Waals surface area contributed by atoms with Crippen LogP contribution in [0, 0.1) is 17.2 Å². The molecule has 2 aromatic rings. The Bertz CT molecular complexity index is 893. The Labute approximate surface area is 154 Å². The highest BCUT2D eigenvalue weighted by Crippen LogP contribution is 2.27. The van der Waals surface area contributed by atoms with Gasteiger partial charge in [-0.1, -0.05) is 12.1 Å². The van der Waals surface area contributed by atoms with Gasteiger partial charge in [0.05, 0.1) is 11.6 Å². The second-order valence-corrected chi connectivity index (χ2v) is 6.77. The fraction of sp³-hybridized carbons (Fsp3) is 0.421. The number of nitriles is 1. The molecule has 2 heterocycles. The van der Waals surface area contributed by atoms with E-state index in [4.69, 9.17) is 5.26 Å². The molecular weight excluding hydrogens is 357 g/mol. The molecule has 3 rings (SSSR count). The third kappa shape index (κ3) is 4.95. The summed E-state index contributed by atoms with van der Waals surface area (Å²) in [5.74, 6) is 0.111. The lowest BCUT2D eigenvalue weighted by Crippen LogP contribution is -2.36. The highest BCUT2D eigenvalue weighted by Gasteiger charge is 2.33. The van der Waals surface area contributed by atoms with Crippen molar-refractivity contribution in [2.45, 2.75) is 32.1 Å². The molecule has 0 radical (unpaired) electrons. The van der Waals surface area contributed by atoms with E-state index in [2.05, 4.69) is 16.1 Å². The molecule has 27 heavy (non-hydrogen) atoms. The molecule has 0 N–H and O–H groups in total. The number of hydrogen-bond acceptors (Lipinski definition) is 4. The van der Waals surface area contributed by atoms with Gasteiger partial charge in [-0.3, -0.25) is 9.69 Å². The normalized spacial score (nSPS) is 16.2. The number of alkyl halides is 3. The Morgan fingerprint density at radius 1 is 1.19 bits per heavy atom. The second kappa shape index (κ2) is 7.92. The molecular formula is C19H19F3N4O. The summed E-state index contributed by atoms with van der Waals surface area (Å²) >= 11 is 0. The number of benzene rings is 1. The van der Waals surface area contributed by atoms with Crippen LogP contribution in [0.15, 0.2) is 41.2 Å². The van der Waals surface area contributed by atoms with E-state index in [0.717, 1.165) is 54.9 Å². The minimum absolute atomic E-state index is 0.111. The standard InChI is InChI=1S/C19H19F3N4O/c20-19(21,22)17-4-5-18(27)26(24-17)13-14-6-8-25(9-7-14)12-16-3-1-2-15(10-16)11-23/h1-5,10,14H,6-9,12-13H2. The molecule has 0 atom stereocenters. The summed E-state index contributed by atoms with van der Waals surface area (Å²) in [4.78, 5) is 14.1. The Hall–Kier alpha value is -2.66. The maximum Gasteiger partial charge on any atom is 0.435 e. The van der Waals surface area contributed by atoms with Crippen molar-refractivity contribution in [2.75, 3.05) is 13.1 Å². The predicted molar refractivity (Wildman–Crippen MR) is 92.7 cm³/mol. The third-order valence-corrected chi connectivity index (χ3v) is 4.76. The number of rotatable bonds is 4. The molecule has 1 aliphatic heterocycles. The molecule has 0 amide bonds. The van der Waals surface area contributed by atoms with Crippen molar-refractivity contribution in [3.63, 3.8) is 0 Å². The average Bonchev–Trinajstić information content (AvgIpc) is 2.64. The Balaban J connectivity index is 1.58. The molecule has 8 heteroatoms. The zero-order valence-corrected chi connectivity index (χ0v) is 14.6. The van der Waals surface area contributed by atoms with Gasteiger partial charge in [-0.2, -0.15) is 23.5 Å². The lowest BCUT2D eigenvalue weighted by Gasteiger charge is -2.32. The van der Waals surface area contributed by atoms with Crippen LogP contribution in [0.3, 0.4) is 0 Å². The summed E-state index contributed by atoms with van der Waals surface area (Å²) in [6.45, 7) is 2.49. The van der Waals surface area contributed by atoms with Crippen LogP contribution < -0.4 is 5.56 Å². The first-order chi connectivity index (χ1) is 12.8. The van der Waals surface area contributed by atoms with E-state index in [-0.39, 0.29) is 12.5 Å². The SMILES string of the molecule is N#Cc1cccc(CN2CCC(Cn3nc(C(F)(F)F)ccc3=O)CC2)c1. The molecule has 5 nitrogen and oxygen atoms in total. The quantitative estimate of drug-likeness (QED) is 0.823. The number of aromatic nitrogens is 2. The molecule has 0 aliphatic carbocycles. The number of nitrogens with zero attached hydrogens (tertiary/aromatic N) is 4. The number of likely N-dealkylation sites (tertiary alicyclic amines) is 1. The van der Waals surface area contributed by atoms with Gasteiger partial charge in [0.15, 0.2) is 5.69 Å². The van der Waals surface area contributed by atoms with Gasteiger partial charge in [0, 0.05) is 19.2 Å². The van der Waals surface area contributed by atoms with Crippen LogP contribution in [-0.2, 0) is 19.3 Å². The average molecular weight is 376 g/mol. The molecule has 1 aromatic carbocycles. The van der Waals surface area contributed by atoms with E-state index in [1.54, 1.807) is 6.07 Å². The first-order valence-corrected chi connectivity index (χ1v) is 8.72. The highest BCUT2D eigenvalue weighted by molar-refractivity contribution is 5.32. The van der Waals surface area contributed by atoms with Crippen LogP contribution >= 0.6 is 0 Å². The van der Waals surface area contributed by atoms with E-state index in [0.29, 0.717) is 5.56 Å². The zero-order chi connectivity index (χ0) is 19.4. The molecule has 1 fully saturated rings. The molecule has 0 saturated carbocycles.